The number of aliphatic hydroxyl groups excluding tert-OH is 1. The Kier molecular flexibility index (Phi) is 5.57. The molecule has 0 spiro atoms. The van der Waals surface area contributed by atoms with Crippen molar-refractivity contribution in [3.8, 4) is 5.75 Å². The second kappa shape index (κ2) is 8.30. The Hall–Kier alpha value is -3.15. The van der Waals surface area contributed by atoms with Gasteiger partial charge in [0.15, 0.2) is 0 Å². The van der Waals surface area contributed by atoms with E-state index in [1.165, 1.54) is 0 Å². The van der Waals surface area contributed by atoms with Gasteiger partial charge in [0.05, 0.1) is 17.7 Å². The highest BCUT2D eigenvalue weighted by molar-refractivity contribution is 6.46. The van der Waals surface area contributed by atoms with E-state index in [1.807, 2.05) is 19.9 Å². The molecule has 1 saturated heterocycles. The van der Waals surface area contributed by atoms with Gasteiger partial charge in [-0.2, -0.15) is 0 Å². The van der Waals surface area contributed by atoms with Gasteiger partial charge in [0.1, 0.15) is 11.5 Å². The quantitative estimate of drug-likeness (QED) is 0.457. The molecule has 1 unspecified atom stereocenters. The van der Waals surface area contributed by atoms with Gasteiger partial charge in [-0.3, -0.25) is 14.6 Å². The smallest absolute Gasteiger partial charge is 0.295 e. The summed E-state index contributed by atoms with van der Waals surface area (Å²) in [7, 11) is 0. The van der Waals surface area contributed by atoms with Crippen LogP contribution in [-0.4, -0.2) is 38.8 Å². The van der Waals surface area contributed by atoms with E-state index >= 15 is 0 Å². The number of benzene rings is 1. The summed E-state index contributed by atoms with van der Waals surface area (Å²) in [4.78, 5) is 31.9. The Morgan fingerprint density at radius 2 is 1.93 bits per heavy atom. The summed E-state index contributed by atoms with van der Waals surface area (Å²) in [5.74, 6) is -0.788. The Morgan fingerprint density at radius 1 is 1.17 bits per heavy atom. The molecule has 0 bridgehead atoms. The number of aliphatic hydroxyl groups is 1. The molecule has 4 rings (SSSR count). The summed E-state index contributed by atoms with van der Waals surface area (Å²) in [5, 5.41) is 11.2. The van der Waals surface area contributed by atoms with Crippen LogP contribution in [0.15, 0.2) is 54.4 Å². The van der Waals surface area contributed by atoms with Crippen LogP contribution < -0.4 is 4.74 Å². The molecule has 1 saturated carbocycles. The predicted octanol–water partition coefficient (Wildman–Crippen LogP) is 4.23. The Labute approximate surface area is 176 Å². The molecule has 1 aromatic carbocycles. The summed E-state index contributed by atoms with van der Waals surface area (Å²) < 4.78 is 5.72. The number of likely N-dealkylation sites (tertiary alicyclic amines) is 1. The van der Waals surface area contributed by atoms with Crippen LogP contribution in [0.5, 0.6) is 5.75 Å². The van der Waals surface area contributed by atoms with Crippen LogP contribution in [0.2, 0.25) is 0 Å². The first-order chi connectivity index (χ1) is 14.5. The maximum atomic E-state index is 13.1. The minimum atomic E-state index is -0.650. The van der Waals surface area contributed by atoms with Crippen molar-refractivity contribution in [3.63, 3.8) is 0 Å². The molecule has 156 valence electrons. The number of carbonyl (C=O) groups excluding carboxylic acids is 2. The number of aromatic nitrogens is 1. The number of hydrogen-bond acceptors (Lipinski definition) is 5. The zero-order chi connectivity index (χ0) is 21.3. The number of ether oxygens (including phenoxy) is 1. The van der Waals surface area contributed by atoms with Crippen molar-refractivity contribution >= 4 is 17.4 Å². The fourth-order valence-electron chi connectivity index (χ4n) is 4.42. The van der Waals surface area contributed by atoms with Gasteiger partial charge in [-0.15, -0.1) is 0 Å². The maximum absolute atomic E-state index is 13.1. The monoisotopic (exact) mass is 406 g/mol. The average Bonchev–Trinajstić information content (AvgIpc) is 3.35. The van der Waals surface area contributed by atoms with Crippen LogP contribution in [0.1, 0.15) is 56.7 Å². The number of pyridine rings is 1. The van der Waals surface area contributed by atoms with Gasteiger partial charge in [0.25, 0.3) is 11.7 Å². The topological polar surface area (TPSA) is 79.7 Å². The van der Waals surface area contributed by atoms with Crippen molar-refractivity contribution in [1.82, 2.24) is 9.88 Å². The molecule has 2 aliphatic rings. The molecular weight excluding hydrogens is 380 g/mol. The first kappa shape index (κ1) is 20.1. The lowest BCUT2D eigenvalue weighted by molar-refractivity contribution is -0.141. The molecule has 1 amide bonds. The van der Waals surface area contributed by atoms with Gasteiger partial charge in [0, 0.05) is 24.0 Å². The number of carbonyl (C=O) groups is 2. The van der Waals surface area contributed by atoms with Crippen molar-refractivity contribution < 1.29 is 19.4 Å². The second-order valence-electron chi connectivity index (χ2n) is 8.13. The van der Waals surface area contributed by atoms with E-state index in [0.717, 1.165) is 31.2 Å². The van der Waals surface area contributed by atoms with E-state index < -0.39 is 17.7 Å². The first-order valence-electron chi connectivity index (χ1n) is 10.4. The number of nitrogens with zero attached hydrogens (tertiary/aromatic N) is 2. The second-order valence-corrected chi connectivity index (χ2v) is 8.13. The van der Waals surface area contributed by atoms with E-state index in [4.69, 9.17) is 4.74 Å². The van der Waals surface area contributed by atoms with E-state index in [2.05, 4.69) is 4.98 Å². The van der Waals surface area contributed by atoms with Crippen molar-refractivity contribution in [1.29, 1.82) is 0 Å². The minimum Gasteiger partial charge on any atom is -0.507 e. The van der Waals surface area contributed by atoms with Gasteiger partial charge in [-0.25, -0.2) is 0 Å². The lowest BCUT2D eigenvalue weighted by Crippen LogP contribution is -2.37. The zero-order valence-corrected chi connectivity index (χ0v) is 17.2. The molecular formula is C24H26N2O4. The summed E-state index contributed by atoms with van der Waals surface area (Å²) in [5.41, 5.74) is 1.28. The number of hydrogen-bond donors (Lipinski definition) is 1. The molecule has 2 fully saturated rings. The van der Waals surface area contributed by atoms with Crippen LogP contribution in [0, 0.1) is 0 Å². The van der Waals surface area contributed by atoms with Crippen LogP contribution in [0.4, 0.5) is 0 Å². The predicted molar refractivity (Wildman–Crippen MR) is 113 cm³/mol. The van der Waals surface area contributed by atoms with Gasteiger partial charge in [-0.1, -0.05) is 31.0 Å². The van der Waals surface area contributed by atoms with Gasteiger partial charge >= 0.3 is 0 Å². The third-order valence-corrected chi connectivity index (χ3v) is 5.68. The molecule has 1 N–H and O–H groups in total. The fourth-order valence-corrected chi connectivity index (χ4v) is 4.42. The lowest BCUT2D eigenvalue weighted by Gasteiger charge is -2.30. The Bertz CT molecular complexity index is 978. The van der Waals surface area contributed by atoms with E-state index in [1.54, 1.807) is 47.6 Å². The molecule has 1 aromatic heterocycles. The number of ketones is 1. The molecule has 6 heteroatoms. The molecule has 30 heavy (non-hydrogen) atoms. The molecule has 2 heterocycles. The SMILES string of the molecule is CC(C)Oc1cccc(/C(O)=C2/C(=O)C(=O)N(C3CCCC3)C2c2cccnc2)c1. The number of amides is 1. The Morgan fingerprint density at radius 3 is 2.60 bits per heavy atom. The standard InChI is InChI=1S/C24H26N2O4/c1-15(2)30-19-11-5-7-16(13-19)22(27)20-21(17-8-6-12-25-14-17)26(24(29)23(20)28)18-9-3-4-10-18/h5-8,11-15,18,21,27H,3-4,9-10H2,1-2H3/b22-20-. The van der Waals surface area contributed by atoms with Crippen LogP contribution >= 0.6 is 0 Å². The van der Waals surface area contributed by atoms with Crippen LogP contribution in [-0.2, 0) is 9.59 Å². The van der Waals surface area contributed by atoms with Crippen molar-refractivity contribution in [2.45, 2.75) is 57.7 Å². The fraction of sp³-hybridized carbons (Fsp3) is 0.375. The number of Topliss-reactive ketones (excluding diaryl/α,β-unsaturated/α-hetero) is 1. The summed E-state index contributed by atoms with van der Waals surface area (Å²) >= 11 is 0. The normalized spacial score (nSPS) is 21.6. The third kappa shape index (κ3) is 3.70. The van der Waals surface area contributed by atoms with Crippen molar-refractivity contribution in [3.05, 3.63) is 65.5 Å². The van der Waals surface area contributed by atoms with Crippen LogP contribution in [0.25, 0.3) is 5.76 Å². The third-order valence-electron chi connectivity index (χ3n) is 5.68. The highest BCUT2D eigenvalue weighted by Crippen LogP contribution is 2.43. The van der Waals surface area contributed by atoms with E-state index in [0.29, 0.717) is 11.3 Å². The zero-order valence-electron chi connectivity index (χ0n) is 17.2. The van der Waals surface area contributed by atoms with Gasteiger partial charge < -0.3 is 14.7 Å². The van der Waals surface area contributed by atoms with E-state index in [-0.39, 0.29) is 23.5 Å². The first-order valence-corrected chi connectivity index (χ1v) is 10.4. The highest BCUT2D eigenvalue weighted by atomic mass is 16.5. The minimum absolute atomic E-state index is 0.00688. The van der Waals surface area contributed by atoms with Gasteiger partial charge in [0.2, 0.25) is 0 Å². The highest BCUT2D eigenvalue weighted by Gasteiger charge is 2.49. The number of rotatable bonds is 5. The van der Waals surface area contributed by atoms with E-state index in [9.17, 15) is 14.7 Å². The lowest BCUT2D eigenvalue weighted by atomic mass is 9.95. The van der Waals surface area contributed by atoms with Gasteiger partial charge in [-0.05, 0) is 50.5 Å². The summed E-state index contributed by atoms with van der Waals surface area (Å²) in [6.07, 6.45) is 7.07. The largest absolute Gasteiger partial charge is 0.507 e. The molecule has 2 aromatic rings. The van der Waals surface area contributed by atoms with Crippen molar-refractivity contribution in [2.75, 3.05) is 0 Å². The van der Waals surface area contributed by atoms with Crippen LogP contribution in [0.3, 0.4) is 0 Å². The summed E-state index contributed by atoms with van der Waals surface area (Å²) in [6, 6.07) is 9.94. The van der Waals surface area contributed by atoms with Crippen molar-refractivity contribution in [2.24, 2.45) is 0 Å². The maximum Gasteiger partial charge on any atom is 0.295 e. The molecule has 1 aliphatic carbocycles. The summed E-state index contributed by atoms with van der Waals surface area (Å²) in [6.45, 7) is 3.84. The average molecular weight is 406 g/mol. The molecule has 1 atom stereocenters. The molecule has 0 radical (unpaired) electrons. The molecule has 1 aliphatic heterocycles. The molecule has 6 nitrogen and oxygen atoms in total. The Balaban J connectivity index is 1.83.